The van der Waals surface area contributed by atoms with Crippen molar-refractivity contribution in [1.82, 2.24) is 0 Å². The summed E-state index contributed by atoms with van der Waals surface area (Å²) < 4.78 is 41.3. The molecule has 0 spiro atoms. The Morgan fingerprint density at radius 1 is 0.964 bits per heavy atom. The smallest absolute Gasteiger partial charge is 0.264 e. The van der Waals surface area contributed by atoms with Gasteiger partial charge >= 0.3 is 0 Å². The van der Waals surface area contributed by atoms with Crippen molar-refractivity contribution in [3.8, 4) is 0 Å². The molecule has 1 amide bonds. The summed E-state index contributed by atoms with van der Waals surface area (Å²) >= 11 is 0. The average Bonchev–Trinajstić information content (AvgIpc) is 2.70. The number of nitrogens with zero attached hydrogens (tertiary/aromatic N) is 1. The summed E-state index contributed by atoms with van der Waals surface area (Å²) in [5.41, 5.74) is 1.16. The van der Waals surface area contributed by atoms with E-state index in [1.165, 1.54) is 37.4 Å². The second-order valence-corrected chi connectivity index (χ2v) is 8.18. The van der Waals surface area contributed by atoms with E-state index in [0.29, 0.717) is 5.69 Å². The van der Waals surface area contributed by atoms with Gasteiger partial charge in [-0.3, -0.25) is 9.10 Å². The minimum Gasteiger partial charge on any atom is -0.319 e. The van der Waals surface area contributed by atoms with Gasteiger partial charge in [-0.25, -0.2) is 12.8 Å². The number of amides is 1. The molecular weight excluding hydrogens is 379 g/mol. The first-order valence-electron chi connectivity index (χ1n) is 8.51. The number of hydrogen-bond acceptors (Lipinski definition) is 3. The zero-order valence-electron chi connectivity index (χ0n) is 15.4. The Balaban J connectivity index is 1.99. The van der Waals surface area contributed by atoms with Crippen LogP contribution in [0.15, 0.2) is 77.7 Å². The van der Waals surface area contributed by atoms with Crippen LogP contribution < -0.4 is 9.62 Å². The highest BCUT2D eigenvalue weighted by Crippen LogP contribution is 2.25. The normalized spacial score (nSPS) is 11.1. The number of hydrogen-bond donors (Lipinski definition) is 1. The highest BCUT2D eigenvalue weighted by atomic mass is 32.2. The summed E-state index contributed by atoms with van der Waals surface area (Å²) in [7, 11) is -2.58. The van der Waals surface area contributed by atoms with Crippen molar-refractivity contribution >= 4 is 27.3 Å². The molecule has 0 aliphatic rings. The standard InChI is InChI=1S/C21H19FN2O3S/c1-15-12-13-18(22)19(14-15)23-21(25)17-10-6-7-11-20(17)28(26,27)24(2)16-8-4-3-5-9-16/h3-14H,1-2H3,(H,23,25). The molecule has 0 bridgehead atoms. The monoisotopic (exact) mass is 398 g/mol. The fourth-order valence-corrected chi connectivity index (χ4v) is 4.11. The molecule has 0 aliphatic heterocycles. The molecule has 0 saturated carbocycles. The van der Waals surface area contributed by atoms with E-state index in [9.17, 15) is 17.6 Å². The lowest BCUT2D eigenvalue weighted by Crippen LogP contribution is -2.29. The Labute approximate surface area is 163 Å². The zero-order chi connectivity index (χ0) is 20.3. The van der Waals surface area contributed by atoms with Gasteiger partial charge in [-0.1, -0.05) is 36.4 Å². The molecule has 0 aromatic heterocycles. The van der Waals surface area contributed by atoms with Gasteiger partial charge in [0.15, 0.2) is 0 Å². The van der Waals surface area contributed by atoms with Crippen molar-refractivity contribution in [3.63, 3.8) is 0 Å². The van der Waals surface area contributed by atoms with Crippen LogP contribution in [-0.4, -0.2) is 21.4 Å². The minimum absolute atomic E-state index is 0.00591. The number of rotatable bonds is 5. The van der Waals surface area contributed by atoms with Gasteiger partial charge in [0.1, 0.15) is 10.7 Å². The lowest BCUT2D eigenvalue weighted by Gasteiger charge is -2.21. The molecule has 0 radical (unpaired) electrons. The van der Waals surface area contributed by atoms with Crippen LogP contribution in [0.2, 0.25) is 0 Å². The Morgan fingerprint density at radius 3 is 2.32 bits per heavy atom. The van der Waals surface area contributed by atoms with Crippen LogP contribution in [0.1, 0.15) is 15.9 Å². The van der Waals surface area contributed by atoms with E-state index in [4.69, 9.17) is 0 Å². The zero-order valence-corrected chi connectivity index (χ0v) is 16.2. The lowest BCUT2D eigenvalue weighted by atomic mass is 10.2. The molecule has 144 valence electrons. The van der Waals surface area contributed by atoms with Gasteiger partial charge in [0, 0.05) is 7.05 Å². The van der Waals surface area contributed by atoms with Crippen LogP contribution in [0.4, 0.5) is 15.8 Å². The van der Waals surface area contributed by atoms with Crippen molar-refractivity contribution in [2.45, 2.75) is 11.8 Å². The SMILES string of the molecule is Cc1ccc(F)c(NC(=O)c2ccccc2S(=O)(=O)N(C)c2ccccc2)c1. The van der Waals surface area contributed by atoms with Crippen molar-refractivity contribution in [1.29, 1.82) is 0 Å². The number of para-hydroxylation sites is 1. The van der Waals surface area contributed by atoms with Gasteiger partial charge < -0.3 is 5.32 Å². The molecule has 1 N–H and O–H groups in total. The molecule has 0 saturated heterocycles. The number of nitrogens with one attached hydrogen (secondary N) is 1. The Hall–Kier alpha value is -3.19. The average molecular weight is 398 g/mol. The van der Waals surface area contributed by atoms with Crippen molar-refractivity contribution in [2.75, 3.05) is 16.7 Å². The number of benzene rings is 3. The van der Waals surface area contributed by atoms with E-state index in [1.807, 2.05) is 0 Å². The van der Waals surface area contributed by atoms with Gasteiger partial charge in [0.05, 0.1) is 16.9 Å². The summed E-state index contributed by atoms with van der Waals surface area (Å²) in [6, 6.07) is 18.7. The molecule has 0 aliphatic carbocycles. The third-order valence-corrected chi connectivity index (χ3v) is 6.10. The number of anilines is 2. The first kappa shape index (κ1) is 19.6. The van der Waals surface area contributed by atoms with E-state index in [1.54, 1.807) is 49.4 Å². The molecule has 7 heteroatoms. The van der Waals surface area contributed by atoms with Crippen LogP contribution in [0, 0.1) is 12.7 Å². The predicted octanol–water partition coefficient (Wildman–Crippen LogP) is 4.21. The van der Waals surface area contributed by atoms with E-state index < -0.39 is 21.7 Å². The minimum atomic E-state index is -4.00. The molecule has 28 heavy (non-hydrogen) atoms. The molecule has 3 rings (SSSR count). The molecule has 0 unspecified atom stereocenters. The number of carbonyl (C=O) groups excluding carboxylic acids is 1. The molecule has 0 atom stereocenters. The quantitative estimate of drug-likeness (QED) is 0.700. The largest absolute Gasteiger partial charge is 0.319 e. The summed E-state index contributed by atoms with van der Waals surface area (Å²) in [6.45, 7) is 1.77. The third-order valence-electron chi connectivity index (χ3n) is 4.26. The second-order valence-electron chi connectivity index (χ2n) is 6.24. The van der Waals surface area contributed by atoms with Crippen molar-refractivity contribution in [3.05, 3.63) is 89.7 Å². The van der Waals surface area contributed by atoms with E-state index in [0.717, 1.165) is 9.87 Å². The van der Waals surface area contributed by atoms with Crippen molar-refractivity contribution in [2.24, 2.45) is 0 Å². The van der Waals surface area contributed by atoms with Crippen LogP contribution in [-0.2, 0) is 10.0 Å². The Bertz CT molecular complexity index is 1120. The first-order valence-corrected chi connectivity index (χ1v) is 9.95. The van der Waals surface area contributed by atoms with E-state index in [-0.39, 0.29) is 16.1 Å². The Morgan fingerprint density at radius 2 is 1.61 bits per heavy atom. The maximum absolute atomic E-state index is 14.0. The van der Waals surface area contributed by atoms with Gasteiger partial charge in [0.25, 0.3) is 15.9 Å². The highest BCUT2D eigenvalue weighted by molar-refractivity contribution is 7.92. The molecule has 3 aromatic rings. The second kappa shape index (κ2) is 7.82. The van der Waals surface area contributed by atoms with Crippen molar-refractivity contribution < 1.29 is 17.6 Å². The summed E-state index contributed by atoms with van der Waals surface area (Å²) in [4.78, 5) is 12.6. The number of sulfonamides is 1. The van der Waals surface area contributed by atoms with Crippen LogP contribution in [0.25, 0.3) is 0 Å². The maximum atomic E-state index is 14.0. The van der Waals surface area contributed by atoms with Gasteiger partial charge in [-0.2, -0.15) is 0 Å². The summed E-state index contributed by atoms with van der Waals surface area (Å²) in [5, 5.41) is 2.46. The topological polar surface area (TPSA) is 66.5 Å². The molecule has 0 fully saturated rings. The van der Waals surface area contributed by atoms with Gasteiger partial charge in [-0.05, 0) is 48.9 Å². The lowest BCUT2D eigenvalue weighted by molar-refractivity contribution is 0.102. The number of aryl methyl sites for hydroxylation is 1. The van der Waals surface area contributed by atoms with Crippen LogP contribution in [0.5, 0.6) is 0 Å². The maximum Gasteiger partial charge on any atom is 0.264 e. The highest BCUT2D eigenvalue weighted by Gasteiger charge is 2.27. The van der Waals surface area contributed by atoms with E-state index in [2.05, 4.69) is 5.32 Å². The summed E-state index contributed by atoms with van der Waals surface area (Å²) in [6.07, 6.45) is 0. The molecule has 5 nitrogen and oxygen atoms in total. The number of halogens is 1. The fraction of sp³-hybridized carbons (Fsp3) is 0.0952. The molecular formula is C21H19FN2O3S. The summed E-state index contributed by atoms with van der Waals surface area (Å²) in [5.74, 6) is -1.30. The Kier molecular flexibility index (Phi) is 5.46. The number of carbonyl (C=O) groups is 1. The van der Waals surface area contributed by atoms with Crippen LogP contribution >= 0.6 is 0 Å². The third kappa shape index (κ3) is 3.89. The van der Waals surface area contributed by atoms with Gasteiger partial charge in [0.2, 0.25) is 0 Å². The predicted molar refractivity (Wildman–Crippen MR) is 108 cm³/mol. The fourth-order valence-electron chi connectivity index (χ4n) is 2.73. The van der Waals surface area contributed by atoms with Crippen LogP contribution in [0.3, 0.4) is 0 Å². The van der Waals surface area contributed by atoms with Gasteiger partial charge in [-0.15, -0.1) is 0 Å². The first-order chi connectivity index (χ1) is 13.3. The van der Waals surface area contributed by atoms with E-state index >= 15 is 0 Å². The molecule has 3 aromatic carbocycles. The molecule has 0 heterocycles.